The molecule has 0 atom stereocenters. The van der Waals surface area contributed by atoms with E-state index in [1.54, 1.807) is 6.92 Å². The molecule has 0 spiro atoms. The maximum Gasteiger partial charge on any atom is 0.417 e. The number of carbonyl (C=O) groups is 1. The quantitative estimate of drug-likeness (QED) is 0.375. The predicted octanol–water partition coefficient (Wildman–Crippen LogP) is 5.64. The average Bonchev–Trinajstić information content (AvgIpc) is 2.98. The van der Waals surface area contributed by atoms with Gasteiger partial charge in [0.25, 0.3) is 0 Å². The summed E-state index contributed by atoms with van der Waals surface area (Å²) in [5.41, 5.74) is 0.781. The van der Waals surface area contributed by atoms with Crippen molar-refractivity contribution in [1.29, 1.82) is 0 Å². The van der Waals surface area contributed by atoms with E-state index < -0.39 is 17.7 Å². The van der Waals surface area contributed by atoms with Crippen molar-refractivity contribution >= 4 is 34.8 Å². The van der Waals surface area contributed by atoms with E-state index in [0.717, 1.165) is 29.6 Å². The molecule has 1 N–H and O–H groups in total. The number of alkyl halides is 3. The lowest BCUT2D eigenvalue weighted by Gasteiger charge is -2.30. The first-order chi connectivity index (χ1) is 13.6. The normalized spacial score (nSPS) is 17.2. The molecule has 0 aliphatic heterocycles. The van der Waals surface area contributed by atoms with E-state index >= 15 is 0 Å². The van der Waals surface area contributed by atoms with Gasteiger partial charge in [0.2, 0.25) is 0 Å². The highest BCUT2D eigenvalue weighted by Gasteiger charge is 2.37. The number of fused-ring (bicyclic) bond motifs is 1. The van der Waals surface area contributed by atoms with Gasteiger partial charge in [0.1, 0.15) is 9.90 Å². The van der Waals surface area contributed by atoms with Crippen molar-refractivity contribution in [3.05, 3.63) is 39.9 Å². The highest BCUT2D eigenvalue weighted by Crippen LogP contribution is 2.47. The van der Waals surface area contributed by atoms with E-state index in [1.165, 1.54) is 17.4 Å². The van der Waals surface area contributed by atoms with Crippen LogP contribution in [0.5, 0.6) is 0 Å². The van der Waals surface area contributed by atoms with Gasteiger partial charge < -0.3 is 9.94 Å². The Morgan fingerprint density at radius 3 is 2.66 bits per heavy atom. The van der Waals surface area contributed by atoms with Crippen molar-refractivity contribution < 1.29 is 27.9 Å². The van der Waals surface area contributed by atoms with Crippen LogP contribution in [0, 0.1) is 5.41 Å². The Morgan fingerprint density at radius 1 is 1.38 bits per heavy atom. The molecule has 0 amide bonds. The monoisotopic (exact) mass is 444 g/mol. The van der Waals surface area contributed by atoms with Gasteiger partial charge >= 0.3 is 12.1 Å². The van der Waals surface area contributed by atoms with Gasteiger partial charge in [-0.2, -0.15) is 13.2 Å². The number of rotatable bonds is 4. The van der Waals surface area contributed by atoms with E-state index in [9.17, 15) is 23.2 Å². The lowest BCUT2D eigenvalue weighted by atomic mass is 9.74. The summed E-state index contributed by atoms with van der Waals surface area (Å²) in [6.45, 7) is 5.96. The number of nitrogens with zero attached hydrogens (tertiary/aromatic N) is 2. The Hall–Kier alpha value is -2.07. The number of carbonyl (C=O) groups excluding carboxylic acids is 1. The molecule has 2 aromatic heterocycles. The van der Waals surface area contributed by atoms with Crippen LogP contribution >= 0.6 is 23.1 Å². The minimum Gasteiger partial charge on any atom is -0.462 e. The van der Waals surface area contributed by atoms with Crippen LogP contribution in [0.1, 0.15) is 53.6 Å². The third kappa shape index (κ3) is 4.58. The van der Waals surface area contributed by atoms with Crippen LogP contribution in [0.2, 0.25) is 0 Å². The zero-order valence-corrected chi connectivity index (χ0v) is 17.6. The van der Waals surface area contributed by atoms with Gasteiger partial charge in [-0.05, 0) is 42.9 Å². The summed E-state index contributed by atoms with van der Waals surface area (Å²) in [6, 6.07) is 2.25. The number of hydrogen-bond acceptors (Lipinski definition) is 7. The van der Waals surface area contributed by atoms with Crippen molar-refractivity contribution in [1.82, 2.24) is 4.98 Å². The summed E-state index contributed by atoms with van der Waals surface area (Å²) in [5.74, 6) is -0.462. The third-order valence-electron chi connectivity index (χ3n) is 4.41. The van der Waals surface area contributed by atoms with Crippen LogP contribution < -0.4 is 0 Å². The molecule has 29 heavy (non-hydrogen) atoms. The Labute approximate surface area is 174 Å². The molecule has 1 aliphatic carbocycles. The molecule has 0 unspecified atom stereocenters. The molecule has 0 aromatic carbocycles. The van der Waals surface area contributed by atoms with Gasteiger partial charge in [-0.25, -0.2) is 9.78 Å². The first-order valence-corrected chi connectivity index (χ1v) is 10.4. The Morgan fingerprint density at radius 2 is 2.10 bits per heavy atom. The fourth-order valence-electron chi connectivity index (χ4n) is 3.21. The molecule has 5 nitrogen and oxygen atoms in total. The summed E-state index contributed by atoms with van der Waals surface area (Å²) in [6.07, 6.45) is -2.59. The molecule has 3 rings (SSSR count). The number of aromatic nitrogens is 1. The molecular weight excluding hydrogens is 425 g/mol. The van der Waals surface area contributed by atoms with Crippen molar-refractivity contribution in [2.75, 3.05) is 6.61 Å². The van der Waals surface area contributed by atoms with E-state index in [4.69, 9.17) is 4.74 Å². The number of halogens is 3. The number of esters is 1. The fraction of sp³-hybridized carbons (Fsp3) is 0.421. The molecule has 156 valence electrons. The van der Waals surface area contributed by atoms with Gasteiger partial charge in [-0.3, -0.25) is 0 Å². The summed E-state index contributed by atoms with van der Waals surface area (Å²) in [7, 11) is 0. The largest absolute Gasteiger partial charge is 0.462 e. The smallest absolute Gasteiger partial charge is 0.417 e. The second-order valence-corrected chi connectivity index (χ2v) is 9.65. The molecular formula is C19H19F3N2O3S2. The number of pyridine rings is 1. The van der Waals surface area contributed by atoms with Crippen molar-refractivity contribution in [3.63, 3.8) is 0 Å². The van der Waals surface area contributed by atoms with E-state index in [-0.39, 0.29) is 12.0 Å². The fourth-order valence-corrected chi connectivity index (χ4v) is 5.62. The Bertz CT molecular complexity index is 951. The standard InChI is InChI=1S/C19H19F3N2O3S2/c1-4-27-16(25)15-11-7-18(2,3)8-12(24-26)14(11)17(29-15)28-13-6-5-10(9-23-13)19(20,21)22/h5-6,9,26H,4,7-8H2,1-3H3. The van der Waals surface area contributed by atoms with Crippen LogP contribution in [0.3, 0.4) is 0 Å². The number of oxime groups is 1. The molecule has 1 aliphatic rings. The van der Waals surface area contributed by atoms with E-state index in [0.29, 0.717) is 38.2 Å². The second kappa shape index (κ2) is 7.98. The number of thiophene rings is 1. The molecule has 0 saturated carbocycles. The molecule has 2 heterocycles. The lowest BCUT2D eigenvalue weighted by molar-refractivity contribution is -0.137. The minimum atomic E-state index is -4.46. The van der Waals surface area contributed by atoms with E-state index in [2.05, 4.69) is 10.1 Å². The lowest BCUT2D eigenvalue weighted by Crippen LogP contribution is -2.28. The third-order valence-corrected chi connectivity index (χ3v) is 6.75. The van der Waals surface area contributed by atoms with Crippen LogP contribution in [-0.2, 0) is 17.3 Å². The van der Waals surface area contributed by atoms with Crippen molar-refractivity contribution in [2.45, 2.75) is 49.0 Å². The first-order valence-electron chi connectivity index (χ1n) is 8.81. The zero-order valence-electron chi connectivity index (χ0n) is 16.0. The zero-order chi connectivity index (χ0) is 21.4. The van der Waals surface area contributed by atoms with Gasteiger partial charge in [0, 0.05) is 11.8 Å². The average molecular weight is 445 g/mol. The van der Waals surface area contributed by atoms with Crippen molar-refractivity contribution in [3.8, 4) is 0 Å². The minimum absolute atomic E-state index is 0.217. The molecule has 10 heteroatoms. The van der Waals surface area contributed by atoms with Gasteiger partial charge in [-0.15, -0.1) is 11.3 Å². The molecule has 2 aromatic rings. The van der Waals surface area contributed by atoms with Crippen LogP contribution in [-0.4, -0.2) is 28.5 Å². The van der Waals surface area contributed by atoms with Crippen LogP contribution in [0.4, 0.5) is 13.2 Å². The number of hydrogen-bond donors (Lipinski definition) is 1. The predicted molar refractivity (Wildman–Crippen MR) is 104 cm³/mol. The summed E-state index contributed by atoms with van der Waals surface area (Å²) in [5, 5.41) is 13.4. The number of ether oxygens (including phenoxy) is 1. The highest BCUT2D eigenvalue weighted by atomic mass is 32.2. The van der Waals surface area contributed by atoms with Crippen LogP contribution in [0.25, 0.3) is 0 Å². The maximum absolute atomic E-state index is 12.8. The first kappa shape index (κ1) is 21.6. The maximum atomic E-state index is 12.8. The van der Waals surface area contributed by atoms with Gasteiger partial charge in [-0.1, -0.05) is 30.8 Å². The second-order valence-electron chi connectivity index (χ2n) is 7.34. The van der Waals surface area contributed by atoms with Gasteiger partial charge in [0.05, 0.1) is 22.1 Å². The molecule has 0 saturated heterocycles. The van der Waals surface area contributed by atoms with E-state index in [1.807, 2.05) is 13.8 Å². The molecule has 0 bridgehead atoms. The highest BCUT2D eigenvalue weighted by molar-refractivity contribution is 8.01. The molecule has 0 radical (unpaired) electrons. The SMILES string of the molecule is CCOC(=O)c1sc(Sc2ccc(C(F)(F)F)cn2)c2c1CC(C)(C)CC2=NO. The topological polar surface area (TPSA) is 71.8 Å². The Kier molecular flexibility index (Phi) is 5.96. The summed E-state index contributed by atoms with van der Waals surface area (Å²) in [4.78, 5) is 16.8. The van der Waals surface area contributed by atoms with Crippen LogP contribution in [0.15, 0.2) is 32.7 Å². The summed E-state index contributed by atoms with van der Waals surface area (Å²) >= 11 is 2.32. The molecule has 0 fully saturated rings. The van der Waals surface area contributed by atoms with Gasteiger partial charge in [0.15, 0.2) is 0 Å². The van der Waals surface area contributed by atoms with Crippen molar-refractivity contribution in [2.24, 2.45) is 10.6 Å². The summed E-state index contributed by atoms with van der Waals surface area (Å²) < 4.78 is 44.1. The Balaban J connectivity index is 2.04.